The number of aromatic nitrogens is 1. The molecule has 3 aromatic rings. The summed E-state index contributed by atoms with van der Waals surface area (Å²) < 4.78 is 23.6. The van der Waals surface area contributed by atoms with E-state index < -0.39 is 0 Å². The van der Waals surface area contributed by atoms with Crippen molar-refractivity contribution in [1.29, 1.82) is 0 Å². The average Bonchev–Trinajstić information content (AvgIpc) is 3.03. The number of nitrogens with zero attached hydrogens (tertiary/aromatic N) is 1. The first-order valence-electron chi connectivity index (χ1n) is 6.30. The molecule has 106 valence electrons. The van der Waals surface area contributed by atoms with E-state index in [0.29, 0.717) is 16.3 Å². The summed E-state index contributed by atoms with van der Waals surface area (Å²) in [5.74, 6) is 0.335. The van der Waals surface area contributed by atoms with Gasteiger partial charge in [-0.25, -0.2) is 4.39 Å². The molecule has 3 nitrogen and oxygen atoms in total. The number of ether oxygens (including phenoxy) is 1. The summed E-state index contributed by atoms with van der Waals surface area (Å²) in [6.07, 6.45) is 1.52. The molecule has 0 saturated heterocycles. The van der Waals surface area contributed by atoms with E-state index in [9.17, 15) is 4.39 Å². The number of hydrogen-bond donors (Lipinski definition) is 0. The number of halogens is 2. The highest BCUT2D eigenvalue weighted by molar-refractivity contribution is 6.31. The second-order valence-electron chi connectivity index (χ2n) is 4.43. The van der Waals surface area contributed by atoms with Gasteiger partial charge in [-0.2, -0.15) is 0 Å². The van der Waals surface area contributed by atoms with Crippen molar-refractivity contribution in [2.75, 3.05) is 0 Å². The monoisotopic (exact) mass is 303 g/mol. The van der Waals surface area contributed by atoms with Gasteiger partial charge in [-0.05, 0) is 42.5 Å². The first-order chi connectivity index (χ1) is 10.2. The van der Waals surface area contributed by atoms with Crippen molar-refractivity contribution in [1.82, 2.24) is 5.16 Å². The van der Waals surface area contributed by atoms with Crippen LogP contribution < -0.4 is 4.74 Å². The smallest absolute Gasteiger partial charge is 0.124 e. The molecule has 0 atom stereocenters. The van der Waals surface area contributed by atoms with E-state index in [2.05, 4.69) is 5.16 Å². The molecule has 3 rings (SSSR count). The standard InChI is InChI=1S/C16H11ClFNO2/c17-15-6-3-13(18)9-12(15)10-20-14-4-1-11(2-5-14)16-7-8-21-19-16/h1-9H,10H2. The Morgan fingerprint density at radius 3 is 2.62 bits per heavy atom. The fourth-order valence-electron chi connectivity index (χ4n) is 1.90. The Bertz CT molecular complexity index is 727. The molecule has 0 amide bonds. The van der Waals surface area contributed by atoms with E-state index in [1.54, 1.807) is 6.07 Å². The predicted octanol–water partition coefficient (Wildman–Crippen LogP) is 4.71. The van der Waals surface area contributed by atoms with Crippen LogP contribution in [0.2, 0.25) is 5.02 Å². The van der Waals surface area contributed by atoms with Crippen molar-refractivity contribution in [2.45, 2.75) is 6.61 Å². The molecular formula is C16H11ClFNO2. The van der Waals surface area contributed by atoms with Gasteiger partial charge < -0.3 is 9.26 Å². The van der Waals surface area contributed by atoms with Gasteiger partial charge in [0.1, 0.15) is 30.1 Å². The zero-order chi connectivity index (χ0) is 14.7. The Labute approximate surface area is 125 Å². The summed E-state index contributed by atoms with van der Waals surface area (Å²) in [5, 5.41) is 4.34. The lowest BCUT2D eigenvalue weighted by atomic mass is 10.1. The number of rotatable bonds is 4. The zero-order valence-electron chi connectivity index (χ0n) is 10.9. The number of benzene rings is 2. The molecule has 0 aliphatic carbocycles. The highest BCUT2D eigenvalue weighted by atomic mass is 35.5. The van der Waals surface area contributed by atoms with Crippen LogP contribution in [0.3, 0.4) is 0 Å². The molecule has 1 heterocycles. The molecule has 0 bridgehead atoms. The van der Waals surface area contributed by atoms with Gasteiger partial charge >= 0.3 is 0 Å². The van der Waals surface area contributed by atoms with E-state index in [-0.39, 0.29) is 12.4 Å². The summed E-state index contributed by atoms with van der Waals surface area (Å²) in [6, 6.07) is 13.4. The van der Waals surface area contributed by atoms with Crippen molar-refractivity contribution in [2.24, 2.45) is 0 Å². The highest BCUT2D eigenvalue weighted by Crippen LogP contribution is 2.23. The van der Waals surface area contributed by atoms with Gasteiger partial charge in [0, 0.05) is 22.2 Å². The first kappa shape index (κ1) is 13.6. The lowest BCUT2D eigenvalue weighted by Gasteiger charge is -2.08. The van der Waals surface area contributed by atoms with Crippen LogP contribution in [0.25, 0.3) is 11.3 Å². The second-order valence-corrected chi connectivity index (χ2v) is 4.84. The maximum Gasteiger partial charge on any atom is 0.124 e. The van der Waals surface area contributed by atoms with Crippen molar-refractivity contribution in [3.05, 3.63) is 71.2 Å². The van der Waals surface area contributed by atoms with Crippen LogP contribution >= 0.6 is 11.6 Å². The molecular weight excluding hydrogens is 293 g/mol. The quantitative estimate of drug-likeness (QED) is 0.700. The van der Waals surface area contributed by atoms with Gasteiger partial charge in [0.05, 0.1) is 0 Å². The van der Waals surface area contributed by atoms with Crippen LogP contribution in [-0.4, -0.2) is 5.16 Å². The van der Waals surface area contributed by atoms with Crippen LogP contribution in [0.4, 0.5) is 4.39 Å². The maximum absolute atomic E-state index is 13.2. The Balaban J connectivity index is 1.70. The SMILES string of the molecule is Fc1ccc(Cl)c(COc2ccc(-c3ccon3)cc2)c1. The summed E-state index contributed by atoms with van der Waals surface area (Å²) in [5.41, 5.74) is 2.30. The summed E-state index contributed by atoms with van der Waals surface area (Å²) in [4.78, 5) is 0. The maximum atomic E-state index is 13.2. The summed E-state index contributed by atoms with van der Waals surface area (Å²) in [7, 11) is 0. The lowest BCUT2D eigenvalue weighted by Crippen LogP contribution is -1.97. The van der Waals surface area contributed by atoms with Crippen LogP contribution in [0.15, 0.2) is 59.3 Å². The molecule has 0 N–H and O–H groups in total. The largest absolute Gasteiger partial charge is 0.489 e. The Hall–Kier alpha value is -2.33. The van der Waals surface area contributed by atoms with Gasteiger partial charge in [0.25, 0.3) is 0 Å². The van der Waals surface area contributed by atoms with Crippen LogP contribution in [0.5, 0.6) is 5.75 Å². The van der Waals surface area contributed by atoms with E-state index >= 15 is 0 Å². The summed E-state index contributed by atoms with van der Waals surface area (Å²) >= 11 is 5.99. The summed E-state index contributed by atoms with van der Waals surface area (Å²) in [6.45, 7) is 0.208. The molecule has 0 aliphatic rings. The highest BCUT2D eigenvalue weighted by Gasteiger charge is 2.05. The fraction of sp³-hybridized carbons (Fsp3) is 0.0625. The third kappa shape index (κ3) is 3.23. The van der Waals surface area contributed by atoms with Gasteiger partial charge in [0.15, 0.2) is 0 Å². The van der Waals surface area contributed by atoms with Crippen molar-refractivity contribution in [3.63, 3.8) is 0 Å². The minimum atomic E-state index is -0.334. The van der Waals surface area contributed by atoms with Crippen LogP contribution in [0.1, 0.15) is 5.56 Å². The lowest BCUT2D eigenvalue weighted by molar-refractivity contribution is 0.305. The molecule has 5 heteroatoms. The first-order valence-corrected chi connectivity index (χ1v) is 6.68. The average molecular weight is 304 g/mol. The Morgan fingerprint density at radius 1 is 1.10 bits per heavy atom. The van der Waals surface area contributed by atoms with E-state index in [1.807, 2.05) is 24.3 Å². The molecule has 0 unspecified atom stereocenters. The van der Waals surface area contributed by atoms with Crippen molar-refractivity contribution in [3.8, 4) is 17.0 Å². The fourth-order valence-corrected chi connectivity index (χ4v) is 2.07. The van der Waals surface area contributed by atoms with Crippen LogP contribution in [-0.2, 0) is 6.61 Å². The molecule has 1 aromatic heterocycles. The van der Waals surface area contributed by atoms with Crippen molar-refractivity contribution < 1.29 is 13.7 Å². The topological polar surface area (TPSA) is 35.3 Å². The second kappa shape index (κ2) is 5.97. The molecule has 2 aromatic carbocycles. The normalized spacial score (nSPS) is 10.6. The molecule has 0 spiro atoms. The third-order valence-corrected chi connectivity index (χ3v) is 3.36. The molecule has 0 aliphatic heterocycles. The molecule has 21 heavy (non-hydrogen) atoms. The van der Waals surface area contributed by atoms with Gasteiger partial charge in [-0.3, -0.25) is 0 Å². The Kier molecular flexibility index (Phi) is 3.88. The van der Waals surface area contributed by atoms with E-state index in [1.165, 1.54) is 24.5 Å². The predicted molar refractivity (Wildman–Crippen MR) is 77.7 cm³/mol. The van der Waals surface area contributed by atoms with Gasteiger partial charge in [-0.1, -0.05) is 16.8 Å². The number of hydrogen-bond acceptors (Lipinski definition) is 3. The Morgan fingerprint density at radius 2 is 1.90 bits per heavy atom. The molecule has 0 radical (unpaired) electrons. The van der Waals surface area contributed by atoms with Gasteiger partial charge in [0.2, 0.25) is 0 Å². The van der Waals surface area contributed by atoms with Crippen LogP contribution in [0, 0.1) is 5.82 Å². The third-order valence-electron chi connectivity index (χ3n) is 2.99. The minimum Gasteiger partial charge on any atom is -0.489 e. The zero-order valence-corrected chi connectivity index (χ0v) is 11.7. The minimum absolute atomic E-state index is 0.208. The molecule has 0 saturated carbocycles. The van der Waals surface area contributed by atoms with E-state index in [4.69, 9.17) is 20.9 Å². The van der Waals surface area contributed by atoms with Crippen molar-refractivity contribution >= 4 is 11.6 Å². The van der Waals surface area contributed by atoms with E-state index in [0.717, 1.165) is 11.3 Å². The van der Waals surface area contributed by atoms with Gasteiger partial charge in [-0.15, -0.1) is 0 Å². The molecule has 0 fully saturated rings.